The van der Waals surface area contributed by atoms with Crippen LogP contribution in [0.4, 0.5) is 16.3 Å². The second-order valence-corrected chi connectivity index (χ2v) is 11.5. The minimum Gasteiger partial charge on any atom is -0.492 e. The minimum absolute atomic E-state index is 0.190. The Morgan fingerprint density at radius 3 is 2.49 bits per heavy atom. The Labute approximate surface area is 238 Å². The number of urea groups is 1. The molecule has 2 atom stereocenters. The number of carbonyl (C=O) groups is 1. The lowest BCUT2D eigenvalue weighted by molar-refractivity contribution is -0.116. The summed E-state index contributed by atoms with van der Waals surface area (Å²) in [5, 5.41) is 9.43. The quantitative estimate of drug-likeness (QED) is 0.296. The van der Waals surface area contributed by atoms with Gasteiger partial charge in [0.2, 0.25) is 0 Å². The van der Waals surface area contributed by atoms with Crippen molar-refractivity contribution in [2.75, 3.05) is 50.1 Å². The lowest BCUT2D eigenvalue weighted by atomic mass is 9.93. The number of anilines is 2. The third-order valence-corrected chi connectivity index (χ3v) is 7.28. The van der Waals surface area contributed by atoms with Gasteiger partial charge in [-0.2, -0.15) is 0 Å². The number of fused-ring (bicyclic) bond motifs is 2. The number of hydrogen-bond donors (Lipinski definition) is 2. The molecule has 1 aromatic carbocycles. The van der Waals surface area contributed by atoms with Crippen molar-refractivity contribution in [2.45, 2.75) is 44.8 Å². The molecule has 11 nitrogen and oxygen atoms in total. The number of pyridine rings is 1. The highest BCUT2D eigenvalue weighted by molar-refractivity contribution is 5.99. The van der Waals surface area contributed by atoms with Gasteiger partial charge in [-0.05, 0) is 30.7 Å². The maximum Gasteiger partial charge on any atom is 0.324 e. The maximum absolute atomic E-state index is 12.4. The van der Waals surface area contributed by atoms with Crippen LogP contribution in [0.25, 0.3) is 16.9 Å². The van der Waals surface area contributed by atoms with E-state index < -0.39 is 6.03 Å². The summed E-state index contributed by atoms with van der Waals surface area (Å²) in [7, 11) is 0. The van der Waals surface area contributed by atoms with E-state index in [1.807, 2.05) is 74.0 Å². The highest BCUT2D eigenvalue weighted by atomic mass is 16.6. The van der Waals surface area contributed by atoms with Gasteiger partial charge in [0.15, 0.2) is 5.82 Å². The highest BCUT2D eigenvalue weighted by Crippen LogP contribution is 2.26. The van der Waals surface area contributed by atoms with E-state index >= 15 is 0 Å². The van der Waals surface area contributed by atoms with Crippen LogP contribution in [-0.2, 0) is 14.9 Å². The SMILES string of the molecule is CC(C)(C)c1cc(NC(=O)Nc2ccc(-c3cn4cc(OCCCN5C[C@@H]6OCCO[C@@H]6C5)ccc4n3)cc2)no1. The zero-order valence-corrected chi connectivity index (χ0v) is 23.6. The molecule has 0 spiro atoms. The van der Waals surface area contributed by atoms with E-state index in [0.29, 0.717) is 37.1 Å². The first-order chi connectivity index (χ1) is 19.8. The summed E-state index contributed by atoms with van der Waals surface area (Å²) in [6, 6.07) is 12.8. The van der Waals surface area contributed by atoms with E-state index in [1.165, 1.54) is 0 Å². The Hall–Kier alpha value is -3.93. The summed E-state index contributed by atoms with van der Waals surface area (Å²) in [4.78, 5) is 19.5. The number of likely N-dealkylation sites (tertiary alicyclic amines) is 1. The van der Waals surface area contributed by atoms with Crippen molar-refractivity contribution in [2.24, 2.45) is 0 Å². The first kappa shape index (κ1) is 27.3. The van der Waals surface area contributed by atoms with Crippen LogP contribution in [0.5, 0.6) is 5.75 Å². The summed E-state index contributed by atoms with van der Waals surface area (Å²) in [5.74, 6) is 1.87. The van der Waals surface area contributed by atoms with Crippen molar-refractivity contribution in [3.05, 3.63) is 60.6 Å². The Balaban J connectivity index is 0.998. The fourth-order valence-electron chi connectivity index (χ4n) is 5.08. The van der Waals surface area contributed by atoms with Crippen molar-refractivity contribution in [1.29, 1.82) is 0 Å². The maximum atomic E-state index is 12.4. The van der Waals surface area contributed by atoms with Gasteiger partial charge in [0, 0.05) is 48.6 Å². The third-order valence-electron chi connectivity index (χ3n) is 7.28. The lowest BCUT2D eigenvalue weighted by Crippen LogP contribution is -2.36. The van der Waals surface area contributed by atoms with Crippen molar-refractivity contribution >= 4 is 23.2 Å². The van der Waals surface area contributed by atoms with Gasteiger partial charge in [0.25, 0.3) is 0 Å². The van der Waals surface area contributed by atoms with Crippen molar-refractivity contribution < 1.29 is 23.5 Å². The van der Waals surface area contributed by atoms with Crippen LogP contribution in [0, 0.1) is 0 Å². The number of nitrogens with one attached hydrogen (secondary N) is 2. The molecule has 2 aliphatic rings. The number of aromatic nitrogens is 3. The number of hydrogen-bond acceptors (Lipinski definition) is 8. The van der Waals surface area contributed by atoms with Crippen molar-refractivity contribution in [3.63, 3.8) is 0 Å². The molecule has 2 amide bonds. The molecule has 0 aliphatic carbocycles. The Bertz CT molecular complexity index is 1480. The smallest absolute Gasteiger partial charge is 0.324 e. The lowest BCUT2D eigenvalue weighted by Gasteiger charge is -2.24. The number of carbonyl (C=O) groups excluding carboxylic acids is 1. The van der Waals surface area contributed by atoms with Crippen molar-refractivity contribution in [1.82, 2.24) is 19.4 Å². The second-order valence-electron chi connectivity index (χ2n) is 11.5. The normalized spacial score (nSPS) is 19.3. The van der Waals surface area contributed by atoms with Crippen molar-refractivity contribution in [3.8, 4) is 17.0 Å². The molecule has 2 N–H and O–H groups in total. The average molecular weight is 561 g/mol. The predicted octanol–water partition coefficient (Wildman–Crippen LogP) is 4.80. The second kappa shape index (κ2) is 11.5. The van der Waals surface area contributed by atoms with Gasteiger partial charge in [0.1, 0.15) is 17.2 Å². The molecule has 0 saturated carbocycles. The largest absolute Gasteiger partial charge is 0.492 e. The molecule has 11 heteroatoms. The number of ether oxygens (including phenoxy) is 3. The number of imidazole rings is 1. The number of amides is 2. The van der Waals surface area contributed by atoms with Gasteiger partial charge in [-0.3, -0.25) is 10.2 Å². The molecule has 0 bridgehead atoms. The molecule has 3 aromatic heterocycles. The molecule has 4 aromatic rings. The first-order valence-corrected chi connectivity index (χ1v) is 14.0. The van der Waals surface area contributed by atoms with Crippen LogP contribution in [-0.4, -0.2) is 77.1 Å². The number of rotatable bonds is 8. The van der Waals surface area contributed by atoms with Crippen LogP contribution >= 0.6 is 0 Å². The topological polar surface area (TPSA) is 115 Å². The van der Waals surface area contributed by atoms with Crippen LogP contribution in [0.2, 0.25) is 0 Å². The molecule has 5 heterocycles. The van der Waals surface area contributed by atoms with Crippen LogP contribution in [0.1, 0.15) is 33.0 Å². The van der Waals surface area contributed by atoms with E-state index in [1.54, 1.807) is 6.07 Å². The molecule has 216 valence electrons. The standard InChI is InChI=1S/C30H36N6O5/c1-30(2,3)26-15-27(34-41-26)33-29(37)31-21-7-5-20(6-8-21)23-17-36-16-22(9-10-28(36)32-23)38-12-4-11-35-18-24-25(19-35)40-14-13-39-24/h5-10,15-17,24-25H,4,11-14,18-19H2,1-3H3,(H2,31,33,34,37)/t24-,25+. The molecule has 6 rings (SSSR count). The molecule has 2 saturated heterocycles. The van der Waals surface area contributed by atoms with Gasteiger partial charge in [-0.15, -0.1) is 0 Å². The summed E-state index contributed by atoms with van der Waals surface area (Å²) < 4.78 is 24.9. The Morgan fingerprint density at radius 1 is 1.02 bits per heavy atom. The van der Waals surface area contributed by atoms with E-state index in [-0.39, 0.29) is 17.6 Å². The van der Waals surface area contributed by atoms with Crippen LogP contribution < -0.4 is 15.4 Å². The van der Waals surface area contributed by atoms with Crippen LogP contribution in [0.3, 0.4) is 0 Å². The molecule has 41 heavy (non-hydrogen) atoms. The number of nitrogens with zero attached hydrogens (tertiary/aromatic N) is 4. The van der Waals surface area contributed by atoms with Gasteiger partial charge in [-0.25, -0.2) is 9.78 Å². The van der Waals surface area contributed by atoms with E-state index in [4.69, 9.17) is 23.7 Å². The Kier molecular flexibility index (Phi) is 7.65. The zero-order chi connectivity index (χ0) is 28.4. The zero-order valence-electron chi connectivity index (χ0n) is 23.6. The molecule has 0 radical (unpaired) electrons. The first-order valence-electron chi connectivity index (χ1n) is 14.0. The fraction of sp³-hybridized carbons (Fsp3) is 0.433. The number of benzene rings is 1. The summed E-state index contributed by atoms with van der Waals surface area (Å²) in [6.45, 7) is 10.9. The van der Waals surface area contributed by atoms with Gasteiger partial charge < -0.3 is 28.5 Å². The molecular formula is C30H36N6O5. The Morgan fingerprint density at radius 2 is 1.78 bits per heavy atom. The summed E-state index contributed by atoms with van der Waals surface area (Å²) in [5.41, 5.74) is 3.06. The average Bonchev–Trinajstić information content (AvgIpc) is 3.69. The fourth-order valence-corrected chi connectivity index (χ4v) is 5.08. The monoisotopic (exact) mass is 560 g/mol. The van der Waals surface area contributed by atoms with Crippen LogP contribution in [0.15, 0.2) is 59.4 Å². The van der Waals surface area contributed by atoms with Gasteiger partial charge in [-0.1, -0.05) is 38.1 Å². The van der Waals surface area contributed by atoms with E-state index in [2.05, 4.69) is 20.7 Å². The molecule has 2 aliphatic heterocycles. The molecule has 2 fully saturated rings. The molecular weight excluding hydrogens is 524 g/mol. The molecule has 0 unspecified atom stereocenters. The minimum atomic E-state index is -0.395. The van der Waals surface area contributed by atoms with E-state index in [0.717, 1.165) is 48.7 Å². The highest BCUT2D eigenvalue weighted by Gasteiger charge is 2.36. The summed E-state index contributed by atoms with van der Waals surface area (Å²) >= 11 is 0. The summed E-state index contributed by atoms with van der Waals surface area (Å²) in [6.07, 6.45) is 5.28. The predicted molar refractivity (Wildman–Crippen MR) is 155 cm³/mol. The van der Waals surface area contributed by atoms with Gasteiger partial charge in [0.05, 0.1) is 43.9 Å². The van der Waals surface area contributed by atoms with Gasteiger partial charge >= 0.3 is 6.03 Å². The van der Waals surface area contributed by atoms with E-state index in [9.17, 15) is 4.79 Å². The third kappa shape index (κ3) is 6.53.